The van der Waals surface area contributed by atoms with Gasteiger partial charge in [-0.25, -0.2) is 0 Å². The quantitative estimate of drug-likeness (QED) is 0.554. The van der Waals surface area contributed by atoms with Gasteiger partial charge >= 0.3 is 22.6 Å². The molecular formula is C12H12IO+. The zero-order valence-corrected chi connectivity index (χ0v) is 10.3. The average molecular weight is 299 g/mol. The number of benzene rings is 2. The van der Waals surface area contributed by atoms with Crippen LogP contribution in [0.4, 0.5) is 0 Å². The Morgan fingerprint density at radius 3 is 2.57 bits per heavy atom. The highest BCUT2D eigenvalue weighted by Crippen LogP contribution is 2.25. The van der Waals surface area contributed by atoms with E-state index in [-0.39, 0.29) is 4.11 Å². The maximum absolute atomic E-state index is 5.73. The molecule has 0 radical (unpaired) electrons. The Hall–Kier alpha value is -0.770. The second-order valence-corrected chi connectivity index (χ2v) is 5.06. The van der Waals surface area contributed by atoms with Crippen LogP contribution in [-0.4, -0.2) is 4.11 Å². The predicted octanol–water partition coefficient (Wildman–Crippen LogP) is -0.150. The molecule has 0 fully saturated rings. The third-order valence-electron chi connectivity index (χ3n) is 2.04. The van der Waals surface area contributed by atoms with Crippen LogP contribution in [0.2, 0.25) is 0 Å². The van der Waals surface area contributed by atoms with E-state index in [0.717, 1.165) is 5.75 Å². The maximum Gasteiger partial charge on any atom is 0.300 e. The van der Waals surface area contributed by atoms with Gasteiger partial charge in [0.2, 0.25) is 0 Å². The van der Waals surface area contributed by atoms with E-state index in [4.69, 9.17) is 4.74 Å². The monoisotopic (exact) mass is 299 g/mol. The van der Waals surface area contributed by atoms with Crippen molar-refractivity contribution < 1.29 is 27.3 Å². The first-order valence-electron chi connectivity index (χ1n) is 4.57. The van der Waals surface area contributed by atoms with E-state index >= 15 is 0 Å². The van der Waals surface area contributed by atoms with Crippen molar-refractivity contribution >= 4 is 10.8 Å². The molecule has 72 valence electrons. The minimum Gasteiger partial charge on any atom is -0.447 e. The fourth-order valence-corrected chi connectivity index (χ4v) is 1.77. The summed E-state index contributed by atoms with van der Waals surface area (Å²) >= 11 is 1.97. The van der Waals surface area contributed by atoms with Gasteiger partial charge in [0, 0.05) is 12.3 Å². The molecule has 0 aliphatic heterocycles. The lowest BCUT2D eigenvalue weighted by Crippen LogP contribution is -3.39. The number of halogens is 1. The number of fused-ring (bicyclic) bond motifs is 1. The van der Waals surface area contributed by atoms with Gasteiger partial charge in [0.05, 0.1) is 0 Å². The van der Waals surface area contributed by atoms with Gasteiger partial charge in [-0.2, -0.15) is 0 Å². The molecule has 0 aliphatic rings. The summed E-state index contributed by atoms with van der Waals surface area (Å²) < 4.78 is 5.96. The fraction of sp³-hybridized carbons (Fsp3) is 0.167. The standard InChI is InChI=1S/C12H12IO/c1-9(13)14-12-8-4-6-10-5-2-3-7-11(10)12/h2-9,13H,1H3/q+1. The van der Waals surface area contributed by atoms with Gasteiger partial charge in [-0.1, -0.05) is 36.4 Å². The summed E-state index contributed by atoms with van der Waals surface area (Å²) in [6, 6.07) is 14.4. The number of ether oxygens (including phenoxy) is 1. The summed E-state index contributed by atoms with van der Waals surface area (Å²) in [6.07, 6.45) is 0. The number of hydrogen-bond acceptors (Lipinski definition) is 1. The number of alkyl halides is 1. The molecule has 1 atom stereocenters. The van der Waals surface area contributed by atoms with Crippen LogP contribution in [0, 0.1) is 0 Å². The molecule has 0 spiro atoms. The molecular weight excluding hydrogens is 287 g/mol. The minimum absolute atomic E-state index is 0.233. The van der Waals surface area contributed by atoms with E-state index in [0.29, 0.717) is 0 Å². The molecule has 14 heavy (non-hydrogen) atoms. The van der Waals surface area contributed by atoms with E-state index in [1.165, 1.54) is 10.8 Å². The first-order chi connectivity index (χ1) is 6.77. The van der Waals surface area contributed by atoms with Crippen LogP contribution >= 0.6 is 0 Å². The van der Waals surface area contributed by atoms with E-state index in [2.05, 4.69) is 18.2 Å². The largest absolute Gasteiger partial charge is 0.447 e. The summed E-state index contributed by atoms with van der Waals surface area (Å²) in [4.78, 5) is 0. The van der Waals surface area contributed by atoms with Crippen LogP contribution in [0.3, 0.4) is 0 Å². The van der Waals surface area contributed by atoms with Crippen molar-refractivity contribution in [2.24, 2.45) is 0 Å². The zero-order valence-electron chi connectivity index (χ0n) is 7.94. The Morgan fingerprint density at radius 1 is 1.07 bits per heavy atom. The molecule has 1 unspecified atom stereocenters. The highest BCUT2D eigenvalue weighted by atomic mass is 127. The van der Waals surface area contributed by atoms with Crippen LogP contribution in [-0.2, 0) is 0 Å². The molecule has 0 heterocycles. The van der Waals surface area contributed by atoms with Gasteiger partial charge in [-0.05, 0) is 11.5 Å². The van der Waals surface area contributed by atoms with Crippen LogP contribution in [0.15, 0.2) is 42.5 Å². The molecule has 0 saturated heterocycles. The summed E-state index contributed by atoms with van der Waals surface area (Å²) in [6.45, 7) is 2.05. The first kappa shape index (κ1) is 9.77. The highest BCUT2D eigenvalue weighted by molar-refractivity contribution is 5.88. The molecule has 2 aromatic rings. The van der Waals surface area contributed by atoms with Gasteiger partial charge in [0.15, 0.2) is 0 Å². The lowest BCUT2D eigenvalue weighted by Gasteiger charge is -2.06. The van der Waals surface area contributed by atoms with Crippen molar-refractivity contribution in [1.82, 2.24) is 0 Å². The molecule has 0 amide bonds. The van der Waals surface area contributed by atoms with Crippen LogP contribution in [0.1, 0.15) is 6.92 Å². The fourth-order valence-electron chi connectivity index (χ4n) is 1.48. The summed E-state index contributed by atoms with van der Waals surface area (Å²) in [5, 5.41) is 2.41. The lowest BCUT2D eigenvalue weighted by molar-refractivity contribution is -0.465. The van der Waals surface area contributed by atoms with Crippen molar-refractivity contribution in [3.05, 3.63) is 42.5 Å². The molecule has 2 rings (SSSR count). The Bertz CT molecular complexity index is 432. The summed E-state index contributed by atoms with van der Waals surface area (Å²) in [7, 11) is 0. The first-order valence-corrected chi connectivity index (χ1v) is 5.92. The third kappa shape index (κ3) is 2.00. The van der Waals surface area contributed by atoms with Crippen LogP contribution in [0.25, 0.3) is 10.8 Å². The second-order valence-electron chi connectivity index (χ2n) is 3.16. The van der Waals surface area contributed by atoms with E-state index in [1.807, 2.05) is 53.8 Å². The molecule has 2 aromatic carbocycles. The Kier molecular flexibility index (Phi) is 2.91. The van der Waals surface area contributed by atoms with Gasteiger partial charge in [-0.3, -0.25) is 0 Å². The van der Waals surface area contributed by atoms with E-state index in [1.54, 1.807) is 0 Å². The number of hydrogen-bond donors (Lipinski definition) is 0. The normalized spacial score (nSPS) is 12.7. The Labute approximate surface area is 97.2 Å². The molecule has 1 nitrogen and oxygen atoms in total. The lowest BCUT2D eigenvalue weighted by atomic mass is 10.1. The molecule has 0 aromatic heterocycles. The maximum atomic E-state index is 5.73. The predicted molar refractivity (Wildman–Crippen MR) is 55.4 cm³/mol. The summed E-state index contributed by atoms with van der Waals surface area (Å²) in [5.74, 6) is 0.973. The van der Waals surface area contributed by atoms with Gasteiger partial charge in [0.1, 0.15) is 5.75 Å². The van der Waals surface area contributed by atoms with Crippen molar-refractivity contribution in [3.8, 4) is 5.75 Å². The smallest absolute Gasteiger partial charge is 0.300 e. The molecule has 0 saturated carbocycles. The van der Waals surface area contributed by atoms with Gasteiger partial charge in [-0.15, -0.1) is 0 Å². The SMILES string of the molecule is CC([IH+])Oc1cccc2ccccc12. The van der Waals surface area contributed by atoms with Crippen molar-refractivity contribution in [1.29, 1.82) is 0 Å². The van der Waals surface area contributed by atoms with Crippen LogP contribution < -0.4 is 27.3 Å². The molecule has 0 aliphatic carbocycles. The van der Waals surface area contributed by atoms with Gasteiger partial charge in [0.25, 0.3) is 4.11 Å². The Morgan fingerprint density at radius 2 is 1.79 bits per heavy atom. The topological polar surface area (TPSA) is 9.23 Å². The summed E-state index contributed by atoms with van der Waals surface area (Å²) in [5.41, 5.74) is 0. The van der Waals surface area contributed by atoms with Crippen molar-refractivity contribution in [3.63, 3.8) is 0 Å². The Balaban J connectivity index is 2.53. The zero-order chi connectivity index (χ0) is 9.97. The van der Waals surface area contributed by atoms with E-state index < -0.39 is 0 Å². The molecule has 0 N–H and O–H groups in total. The van der Waals surface area contributed by atoms with Crippen molar-refractivity contribution in [2.75, 3.05) is 0 Å². The average Bonchev–Trinajstić information content (AvgIpc) is 2.18. The highest BCUT2D eigenvalue weighted by Gasteiger charge is 2.07. The third-order valence-corrected chi connectivity index (χ3v) is 2.32. The number of rotatable bonds is 2. The van der Waals surface area contributed by atoms with Crippen LogP contribution in [0.5, 0.6) is 5.75 Å². The van der Waals surface area contributed by atoms with E-state index in [9.17, 15) is 0 Å². The molecule has 2 heteroatoms. The van der Waals surface area contributed by atoms with Crippen molar-refractivity contribution in [2.45, 2.75) is 11.0 Å². The minimum atomic E-state index is 0.233. The van der Waals surface area contributed by atoms with Gasteiger partial charge < -0.3 is 4.74 Å². The molecule has 0 bridgehead atoms. The second kappa shape index (κ2) is 4.17.